The summed E-state index contributed by atoms with van der Waals surface area (Å²) >= 11 is 6.17. The van der Waals surface area contributed by atoms with E-state index in [-0.39, 0.29) is 18.2 Å². The molecule has 2 N–H and O–H groups in total. The summed E-state index contributed by atoms with van der Waals surface area (Å²) in [6.07, 6.45) is 0.245. The third-order valence-corrected chi connectivity index (χ3v) is 4.95. The van der Waals surface area contributed by atoms with Gasteiger partial charge in [0, 0.05) is 43.8 Å². The van der Waals surface area contributed by atoms with Crippen LogP contribution in [0.25, 0.3) is 0 Å². The minimum atomic E-state index is -0.122. The Bertz CT molecular complexity index is 846. The van der Waals surface area contributed by atoms with Crippen molar-refractivity contribution in [1.29, 1.82) is 0 Å². The Hall–Kier alpha value is -2.57. The van der Waals surface area contributed by atoms with Crippen LogP contribution in [0.1, 0.15) is 12.5 Å². The Morgan fingerprint density at radius 1 is 1.00 bits per heavy atom. The topological polar surface area (TPSA) is 64.7 Å². The van der Waals surface area contributed by atoms with Gasteiger partial charge in [-0.1, -0.05) is 23.7 Å². The summed E-state index contributed by atoms with van der Waals surface area (Å²) in [4.78, 5) is 28.2. The number of piperazine rings is 1. The first kappa shape index (κ1) is 20.2. The second-order valence-electron chi connectivity index (χ2n) is 7.05. The lowest BCUT2D eigenvalue weighted by atomic mass is 10.1. The number of hydrogen-bond acceptors (Lipinski definition) is 4. The van der Waals surface area contributed by atoms with E-state index in [1.165, 1.54) is 6.92 Å². The first-order chi connectivity index (χ1) is 13.4. The average molecular weight is 401 g/mol. The number of carbonyl (C=O) groups excluding carboxylic acids is 2. The maximum Gasteiger partial charge on any atom is 0.228 e. The number of nitrogens with zero attached hydrogens (tertiary/aromatic N) is 2. The van der Waals surface area contributed by atoms with Crippen LogP contribution in [0.5, 0.6) is 0 Å². The monoisotopic (exact) mass is 400 g/mol. The molecule has 1 fully saturated rings. The highest BCUT2D eigenvalue weighted by Gasteiger charge is 2.18. The molecule has 28 heavy (non-hydrogen) atoms. The molecule has 148 valence electrons. The molecule has 2 aromatic carbocycles. The van der Waals surface area contributed by atoms with E-state index in [4.69, 9.17) is 11.6 Å². The SMILES string of the molecule is CC(=O)Nc1ccc(CC(=O)Nc2cc(Cl)ccc2N2CCN(C)CC2)cc1. The van der Waals surface area contributed by atoms with Gasteiger partial charge in [0.25, 0.3) is 0 Å². The lowest BCUT2D eigenvalue weighted by molar-refractivity contribution is -0.116. The zero-order valence-electron chi connectivity index (χ0n) is 16.2. The molecule has 0 radical (unpaired) electrons. The zero-order valence-corrected chi connectivity index (χ0v) is 16.9. The number of hydrogen-bond donors (Lipinski definition) is 2. The zero-order chi connectivity index (χ0) is 20.1. The van der Waals surface area contributed by atoms with Crippen LogP contribution in [0.3, 0.4) is 0 Å². The van der Waals surface area contributed by atoms with Gasteiger partial charge in [-0.05, 0) is 42.9 Å². The second-order valence-corrected chi connectivity index (χ2v) is 7.49. The first-order valence-corrected chi connectivity index (χ1v) is 9.68. The number of carbonyl (C=O) groups is 2. The lowest BCUT2D eigenvalue weighted by Gasteiger charge is -2.35. The fraction of sp³-hybridized carbons (Fsp3) is 0.333. The highest BCUT2D eigenvalue weighted by Crippen LogP contribution is 2.30. The third kappa shape index (κ3) is 5.47. The lowest BCUT2D eigenvalue weighted by Crippen LogP contribution is -2.44. The summed E-state index contributed by atoms with van der Waals surface area (Å²) in [5.41, 5.74) is 3.31. The minimum Gasteiger partial charge on any atom is -0.367 e. The van der Waals surface area contributed by atoms with Gasteiger partial charge in [-0.15, -0.1) is 0 Å². The third-order valence-electron chi connectivity index (χ3n) is 4.72. The molecule has 1 aliphatic heterocycles. The minimum absolute atomic E-state index is 0.107. The van der Waals surface area contributed by atoms with E-state index in [9.17, 15) is 9.59 Å². The van der Waals surface area contributed by atoms with Crippen molar-refractivity contribution in [3.05, 3.63) is 53.1 Å². The van der Waals surface area contributed by atoms with Gasteiger partial charge >= 0.3 is 0 Å². The summed E-state index contributed by atoms with van der Waals surface area (Å²) in [6, 6.07) is 12.9. The van der Waals surface area contributed by atoms with Gasteiger partial charge in [0.1, 0.15) is 0 Å². The molecular formula is C21H25ClN4O2. The molecular weight excluding hydrogens is 376 g/mol. The Kier molecular flexibility index (Phi) is 6.54. The van der Waals surface area contributed by atoms with Crippen LogP contribution >= 0.6 is 11.6 Å². The van der Waals surface area contributed by atoms with Crippen LogP contribution in [-0.2, 0) is 16.0 Å². The van der Waals surface area contributed by atoms with Gasteiger partial charge < -0.3 is 20.4 Å². The summed E-state index contributed by atoms with van der Waals surface area (Å²) in [5, 5.41) is 6.31. The molecule has 6 nitrogen and oxygen atoms in total. The van der Waals surface area contributed by atoms with Crippen molar-refractivity contribution in [2.75, 3.05) is 48.8 Å². The normalized spacial score (nSPS) is 14.6. The van der Waals surface area contributed by atoms with E-state index in [0.717, 1.165) is 43.1 Å². The van der Waals surface area contributed by atoms with E-state index in [0.29, 0.717) is 10.7 Å². The van der Waals surface area contributed by atoms with Crippen molar-refractivity contribution in [3.63, 3.8) is 0 Å². The van der Waals surface area contributed by atoms with Crippen LogP contribution in [0.15, 0.2) is 42.5 Å². The average Bonchev–Trinajstić information content (AvgIpc) is 2.64. The Morgan fingerprint density at radius 2 is 1.68 bits per heavy atom. The molecule has 1 aliphatic rings. The molecule has 0 aromatic heterocycles. The predicted molar refractivity (Wildman–Crippen MR) is 114 cm³/mol. The van der Waals surface area contributed by atoms with Crippen molar-refractivity contribution >= 4 is 40.5 Å². The highest BCUT2D eigenvalue weighted by molar-refractivity contribution is 6.31. The number of benzene rings is 2. The molecule has 0 aliphatic carbocycles. The Labute approximate surface area is 170 Å². The van der Waals surface area contributed by atoms with Crippen molar-refractivity contribution in [1.82, 2.24) is 4.90 Å². The molecule has 0 spiro atoms. The van der Waals surface area contributed by atoms with Crippen LogP contribution < -0.4 is 15.5 Å². The fourth-order valence-corrected chi connectivity index (χ4v) is 3.39. The van der Waals surface area contributed by atoms with E-state index < -0.39 is 0 Å². The molecule has 2 aromatic rings. The highest BCUT2D eigenvalue weighted by atomic mass is 35.5. The molecule has 0 atom stereocenters. The summed E-state index contributed by atoms with van der Waals surface area (Å²) < 4.78 is 0. The van der Waals surface area contributed by atoms with E-state index >= 15 is 0 Å². The van der Waals surface area contributed by atoms with Gasteiger partial charge in [0.2, 0.25) is 11.8 Å². The van der Waals surface area contributed by atoms with E-state index in [1.54, 1.807) is 18.2 Å². The summed E-state index contributed by atoms with van der Waals surface area (Å²) in [7, 11) is 2.11. The quantitative estimate of drug-likeness (QED) is 0.808. The van der Waals surface area contributed by atoms with Crippen LogP contribution in [-0.4, -0.2) is 49.9 Å². The maximum absolute atomic E-state index is 12.6. The molecule has 1 saturated heterocycles. The number of anilines is 3. The molecule has 2 amide bonds. The number of likely N-dealkylation sites (N-methyl/N-ethyl adjacent to an activating group) is 1. The standard InChI is InChI=1S/C21H25ClN4O2/c1-15(27)23-18-6-3-16(4-7-18)13-21(28)24-19-14-17(22)5-8-20(19)26-11-9-25(2)10-12-26/h3-8,14H,9-13H2,1-2H3,(H,23,27)(H,24,28). The molecule has 3 rings (SSSR count). The smallest absolute Gasteiger partial charge is 0.228 e. The van der Waals surface area contributed by atoms with Gasteiger partial charge in [0.05, 0.1) is 17.8 Å². The van der Waals surface area contributed by atoms with Gasteiger partial charge in [-0.2, -0.15) is 0 Å². The number of halogens is 1. The van der Waals surface area contributed by atoms with Crippen molar-refractivity contribution < 1.29 is 9.59 Å². The molecule has 0 bridgehead atoms. The van der Waals surface area contributed by atoms with Crippen molar-refractivity contribution in [2.24, 2.45) is 0 Å². The van der Waals surface area contributed by atoms with Gasteiger partial charge in [0.15, 0.2) is 0 Å². The fourth-order valence-electron chi connectivity index (χ4n) is 3.22. The van der Waals surface area contributed by atoms with Gasteiger partial charge in [-0.3, -0.25) is 9.59 Å². The van der Waals surface area contributed by atoms with Crippen molar-refractivity contribution in [3.8, 4) is 0 Å². The number of nitrogens with one attached hydrogen (secondary N) is 2. The maximum atomic E-state index is 12.6. The Morgan fingerprint density at radius 3 is 2.32 bits per heavy atom. The molecule has 1 heterocycles. The molecule has 7 heteroatoms. The van der Waals surface area contributed by atoms with Crippen molar-refractivity contribution in [2.45, 2.75) is 13.3 Å². The van der Waals surface area contributed by atoms with Crippen LogP contribution in [0, 0.1) is 0 Å². The second kappa shape index (κ2) is 9.08. The summed E-state index contributed by atoms with van der Waals surface area (Å²) in [6.45, 7) is 5.24. The van der Waals surface area contributed by atoms with E-state index in [1.807, 2.05) is 24.3 Å². The molecule has 0 saturated carbocycles. The predicted octanol–water partition coefficient (Wildman–Crippen LogP) is 3.23. The van der Waals surface area contributed by atoms with Crippen LogP contribution in [0.4, 0.5) is 17.1 Å². The molecule has 0 unspecified atom stereocenters. The Balaban J connectivity index is 1.68. The number of amides is 2. The largest absolute Gasteiger partial charge is 0.367 e. The van der Waals surface area contributed by atoms with Crippen LogP contribution in [0.2, 0.25) is 5.02 Å². The summed E-state index contributed by atoms with van der Waals surface area (Å²) in [5.74, 6) is -0.229. The van der Waals surface area contributed by atoms with Gasteiger partial charge in [-0.25, -0.2) is 0 Å². The number of rotatable bonds is 5. The first-order valence-electron chi connectivity index (χ1n) is 9.30. The van der Waals surface area contributed by atoms with E-state index in [2.05, 4.69) is 27.5 Å².